The average Bonchev–Trinajstić information content (AvgIpc) is 2.58. The van der Waals surface area contributed by atoms with E-state index in [-0.39, 0.29) is 29.2 Å². The number of hydrogen-bond donors (Lipinski definition) is 0. The van der Waals surface area contributed by atoms with Crippen LogP contribution in [0.25, 0.3) is 0 Å². The number of rotatable bonds is 1. The molecule has 0 N–H and O–H groups in total. The number of ether oxygens (including phenoxy) is 1. The summed E-state index contributed by atoms with van der Waals surface area (Å²) in [5.41, 5.74) is -0.608. The molecule has 26 heavy (non-hydrogen) atoms. The topological polar surface area (TPSA) is 43.4 Å². The molecule has 4 rings (SSSR count). The highest BCUT2D eigenvalue weighted by Gasteiger charge is 2.62. The van der Waals surface area contributed by atoms with Crippen molar-refractivity contribution in [3.05, 3.63) is 0 Å². The predicted molar refractivity (Wildman–Crippen MR) is 97.2 cm³/mol. The van der Waals surface area contributed by atoms with Crippen LogP contribution in [-0.2, 0) is 14.3 Å². The van der Waals surface area contributed by atoms with Gasteiger partial charge in [0.2, 0.25) is 0 Å². The van der Waals surface area contributed by atoms with E-state index < -0.39 is 11.6 Å². The van der Waals surface area contributed by atoms with Gasteiger partial charge in [-0.15, -0.1) is 0 Å². The van der Waals surface area contributed by atoms with E-state index in [1.165, 1.54) is 6.92 Å². The summed E-state index contributed by atoms with van der Waals surface area (Å²) in [6.45, 7) is 5.77. The lowest BCUT2D eigenvalue weighted by molar-refractivity contribution is -0.178. The fourth-order valence-electron chi connectivity index (χ4n) is 7.46. The third-order valence-corrected chi connectivity index (χ3v) is 8.95. The van der Waals surface area contributed by atoms with Crippen LogP contribution in [0.5, 0.6) is 0 Å². The highest BCUT2D eigenvalue weighted by Crippen LogP contribution is 2.65. The van der Waals surface area contributed by atoms with Crippen LogP contribution in [0.1, 0.15) is 78.6 Å². The van der Waals surface area contributed by atoms with Crippen LogP contribution in [-0.4, -0.2) is 24.0 Å². The maximum Gasteiger partial charge on any atom is 0.302 e. The van der Waals surface area contributed by atoms with Gasteiger partial charge in [-0.1, -0.05) is 6.92 Å². The maximum absolute atomic E-state index is 15.4. The lowest BCUT2D eigenvalue weighted by Crippen LogP contribution is -2.60. The summed E-state index contributed by atoms with van der Waals surface area (Å²) in [6.07, 6.45) is 7.18. The van der Waals surface area contributed by atoms with Crippen LogP contribution < -0.4 is 0 Å². The summed E-state index contributed by atoms with van der Waals surface area (Å²) in [4.78, 5) is 24.0. The quantitative estimate of drug-likeness (QED) is 0.624. The molecule has 4 saturated carbocycles. The first-order valence-electron chi connectivity index (χ1n) is 10.6. The molecular formula is C22H33FO3. The standard InChI is InChI=1S/C22H33FO3/c1-13(24)26-15-9-10-21(2)14(11-15)7-8-16-17-5-4-6-20(25)22(17,3)19(23)12-18(16)21/h14-19H,4-12H2,1-3H3/t14-,15-,16-,17-,18-,19-,21-,22+/m0/s1. The minimum absolute atomic E-state index is 0.0356. The Balaban J connectivity index is 1.59. The number of esters is 1. The van der Waals surface area contributed by atoms with Crippen molar-refractivity contribution in [1.82, 2.24) is 0 Å². The predicted octanol–water partition coefficient (Wildman–Crippen LogP) is 4.87. The molecule has 4 aliphatic carbocycles. The Morgan fingerprint density at radius 3 is 2.62 bits per heavy atom. The largest absolute Gasteiger partial charge is 0.463 e. The number of carbonyl (C=O) groups excluding carboxylic acids is 2. The van der Waals surface area contributed by atoms with Gasteiger partial charge in [-0.2, -0.15) is 0 Å². The number of hydrogen-bond acceptors (Lipinski definition) is 3. The SMILES string of the molecule is CC(=O)O[C@H]1CC[C@@]2(C)[C@@H](CC[C@@H]3[C@@H]2C[C@H](F)[C@]2(C)C(=O)CCC[C@@H]32)C1. The molecular weight excluding hydrogens is 331 g/mol. The Morgan fingerprint density at radius 1 is 1.12 bits per heavy atom. The van der Waals surface area contributed by atoms with Crippen LogP contribution in [0, 0.1) is 34.5 Å². The van der Waals surface area contributed by atoms with Gasteiger partial charge < -0.3 is 4.74 Å². The van der Waals surface area contributed by atoms with Gasteiger partial charge in [0, 0.05) is 13.3 Å². The van der Waals surface area contributed by atoms with E-state index >= 15 is 4.39 Å². The third kappa shape index (κ3) is 2.57. The van der Waals surface area contributed by atoms with E-state index in [0.717, 1.165) is 44.9 Å². The second-order valence-electron chi connectivity index (χ2n) is 9.96. The van der Waals surface area contributed by atoms with Gasteiger partial charge in [0.15, 0.2) is 0 Å². The van der Waals surface area contributed by atoms with Gasteiger partial charge in [0.1, 0.15) is 18.1 Å². The normalized spacial score (nSPS) is 51.0. The molecule has 4 heteroatoms. The molecule has 146 valence electrons. The first-order valence-corrected chi connectivity index (χ1v) is 10.6. The molecule has 0 spiro atoms. The van der Waals surface area contributed by atoms with E-state index in [9.17, 15) is 9.59 Å². The van der Waals surface area contributed by atoms with E-state index in [1.54, 1.807) is 0 Å². The van der Waals surface area contributed by atoms with Crippen molar-refractivity contribution in [2.75, 3.05) is 0 Å². The van der Waals surface area contributed by atoms with Crippen LogP contribution in [0.2, 0.25) is 0 Å². The lowest BCUT2D eigenvalue weighted by Gasteiger charge is -2.62. The minimum atomic E-state index is -0.997. The zero-order chi connectivity index (χ0) is 18.7. The molecule has 3 nitrogen and oxygen atoms in total. The second kappa shape index (κ2) is 6.31. The molecule has 0 radical (unpaired) electrons. The molecule has 0 aromatic heterocycles. The van der Waals surface area contributed by atoms with Crippen molar-refractivity contribution >= 4 is 11.8 Å². The summed E-state index contributed by atoms with van der Waals surface area (Å²) in [6, 6.07) is 0. The van der Waals surface area contributed by atoms with Gasteiger partial charge in [-0.05, 0) is 87.4 Å². The highest BCUT2D eigenvalue weighted by molar-refractivity contribution is 5.86. The molecule has 0 aromatic rings. The van der Waals surface area contributed by atoms with E-state index in [0.29, 0.717) is 30.6 Å². The Kier molecular flexibility index (Phi) is 4.47. The first-order chi connectivity index (χ1) is 12.3. The van der Waals surface area contributed by atoms with Crippen molar-refractivity contribution in [2.45, 2.75) is 90.8 Å². The number of fused-ring (bicyclic) bond motifs is 5. The van der Waals surface area contributed by atoms with Gasteiger partial charge in [-0.3, -0.25) is 9.59 Å². The monoisotopic (exact) mass is 364 g/mol. The van der Waals surface area contributed by atoms with Crippen LogP contribution >= 0.6 is 0 Å². The zero-order valence-electron chi connectivity index (χ0n) is 16.4. The molecule has 0 amide bonds. The zero-order valence-corrected chi connectivity index (χ0v) is 16.4. The molecule has 0 aliphatic heterocycles. The van der Waals surface area contributed by atoms with E-state index in [2.05, 4.69) is 6.92 Å². The maximum atomic E-state index is 15.4. The van der Waals surface area contributed by atoms with Crippen molar-refractivity contribution in [2.24, 2.45) is 34.5 Å². The molecule has 0 saturated heterocycles. The number of carbonyl (C=O) groups is 2. The van der Waals surface area contributed by atoms with Crippen molar-refractivity contribution < 1.29 is 18.7 Å². The smallest absolute Gasteiger partial charge is 0.302 e. The third-order valence-electron chi connectivity index (χ3n) is 8.95. The summed E-state index contributed by atoms with van der Waals surface area (Å²) >= 11 is 0. The van der Waals surface area contributed by atoms with Gasteiger partial charge >= 0.3 is 5.97 Å². The minimum Gasteiger partial charge on any atom is -0.463 e. The number of ketones is 1. The van der Waals surface area contributed by atoms with Crippen molar-refractivity contribution in [3.8, 4) is 0 Å². The van der Waals surface area contributed by atoms with E-state index in [4.69, 9.17) is 4.74 Å². The molecule has 0 bridgehead atoms. The fourth-order valence-corrected chi connectivity index (χ4v) is 7.46. The molecule has 4 aliphatic rings. The Labute approximate surface area is 156 Å². The molecule has 0 unspecified atom stereocenters. The number of halogens is 1. The highest BCUT2D eigenvalue weighted by atomic mass is 19.1. The first kappa shape index (κ1) is 18.4. The molecule has 0 aromatic carbocycles. The second-order valence-corrected chi connectivity index (χ2v) is 9.96. The van der Waals surface area contributed by atoms with Crippen molar-refractivity contribution in [1.29, 1.82) is 0 Å². The number of Topliss-reactive ketones (excluding diaryl/α,β-unsaturated/α-hetero) is 1. The lowest BCUT2D eigenvalue weighted by atomic mass is 9.42. The summed E-state index contributed by atoms with van der Waals surface area (Å²) in [7, 11) is 0. The van der Waals surface area contributed by atoms with E-state index in [1.807, 2.05) is 6.92 Å². The molecule has 4 fully saturated rings. The van der Waals surface area contributed by atoms with Gasteiger partial charge in [0.25, 0.3) is 0 Å². The van der Waals surface area contributed by atoms with Gasteiger partial charge in [-0.25, -0.2) is 4.39 Å². The van der Waals surface area contributed by atoms with Crippen LogP contribution in [0.4, 0.5) is 4.39 Å². The summed E-state index contributed by atoms with van der Waals surface area (Å²) < 4.78 is 20.9. The summed E-state index contributed by atoms with van der Waals surface area (Å²) in [5, 5.41) is 0. The molecule has 8 atom stereocenters. The van der Waals surface area contributed by atoms with Crippen LogP contribution in [0.3, 0.4) is 0 Å². The number of alkyl halides is 1. The average molecular weight is 365 g/mol. The van der Waals surface area contributed by atoms with Crippen LogP contribution in [0.15, 0.2) is 0 Å². The van der Waals surface area contributed by atoms with Gasteiger partial charge in [0.05, 0.1) is 5.41 Å². The fraction of sp³-hybridized carbons (Fsp3) is 0.909. The Bertz CT molecular complexity index is 604. The summed E-state index contributed by atoms with van der Waals surface area (Å²) in [5.74, 6) is 1.58. The Morgan fingerprint density at radius 2 is 1.88 bits per heavy atom. The molecule has 0 heterocycles. The Hall–Kier alpha value is -0.930. The van der Waals surface area contributed by atoms with Crippen molar-refractivity contribution in [3.63, 3.8) is 0 Å².